The quantitative estimate of drug-likeness (QED) is 0.538. The predicted molar refractivity (Wildman–Crippen MR) is 122 cm³/mol. The molecule has 1 atom stereocenters. The standard InChI is InChI=1S/C22H19N3O4S2/c1-14-21(26)24-18-13-15(11-12-19(18)30-14)22(27)23-17-9-5-6-10-20(17)31(28,29)25-16-7-3-2-4-8-16/h2-14,25H,1H3,(H,23,27)(H,24,26). The second kappa shape index (κ2) is 8.44. The molecule has 9 heteroatoms. The molecule has 31 heavy (non-hydrogen) atoms. The second-order valence-corrected chi connectivity index (χ2v) is 9.92. The fourth-order valence-corrected chi connectivity index (χ4v) is 5.22. The van der Waals surface area contributed by atoms with Gasteiger partial charge in [-0.15, -0.1) is 11.8 Å². The van der Waals surface area contributed by atoms with Gasteiger partial charge >= 0.3 is 0 Å². The summed E-state index contributed by atoms with van der Waals surface area (Å²) in [6.07, 6.45) is 0. The molecule has 1 unspecified atom stereocenters. The summed E-state index contributed by atoms with van der Waals surface area (Å²) in [6, 6.07) is 19.7. The Morgan fingerprint density at radius 2 is 1.71 bits per heavy atom. The molecule has 1 heterocycles. The van der Waals surface area contributed by atoms with Crippen LogP contribution in [0.15, 0.2) is 82.6 Å². The molecule has 0 saturated heterocycles. The molecule has 4 rings (SSSR count). The average Bonchev–Trinajstić information content (AvgIpc) is 2.75. The highest BCUT2D eigenvalue weighted by atomic mass is 32.2. The summed E-state index contributed by atoms with van der Waals surface area (Å²) in [5.41, 5.74) is 1.44. The Balaban J connectivity index is 1.59. The van der Waals surface area contributed by atoms with E-state index in [1.54, 1.807) is 60.7 Å². The number of amides is 2. The topological polar surface area (TPSA) is 104 Å². The van der Waals surface area contributed by atoms with Crippen LogP contribution < -0.4 is 15.4 Å². The summed E-state index contributed by atoms with van der Waals surface area (Å²) in [5, 5.41) is 5.25. The van der Waals surface area contributed by atoms with E-state index in [1.807, 2.05) is 6.92 Å². The van der Waals surface area contributed by atoms with Crippen LogP contribution in [-0.2, 0) is 14.8 Å². The van der Waals surface area contributed by atoms with Crippen LogP contribution in [0.4, 0.5) is 17.1 Å². The van der Waals surface area contributed by atoms with E-state index < -0.39 is 15.9 Å². The van der Waals surface area contributed by atoms with Gasteiger partial charge in [0.25, 0.3) is 15.9 Å². The minimum Gasteiger partial charge on any atom is -0.324 e. The zero-order valence-electron chi connectivity index (χ0n) is 16.5. The molecular formula is C22H19N3O4S2. The Bertz CT molecular complexity index is 1260. The van der Waals surface area contributed by atoms with Gasteiger partial charge in [-0.05, 0) is 49.4 Å². The molecule has 1 aliphatic rings. The van der Waals surface area contributed by atoms with Gasteiger partial charge in [-0.25, -0.2) is 8.42 Å². The lowest BCUT2D eigenvalue weighted by Crippen LogP contribution is -2.26. The molecule has 2 amide bonds. The Labute approximate surface area is 184 Å². The van der Waals surface area contributed by atoms with Crippen LogP contribution in [0.5, 0.6) is 0 Å². The number of sulfonamides is 1. The van der Waals surface area contributed by atoms with Gasteiger partial charge in [0.15, 0.2) is 0 Å². The molecule has 7 nitrogen and oxygen atoms in total. The van der Waals surface area contributed by atoms with Crippen molar-refractivity contribution in [2.24, 2.45) is 0 Å². The molecule has 3 aromatic rings. The van der Waals surface area contributed by atoms with Crippen LogP contribution >= 0.6 is 11.8 Å². The Morgan fingerprint density at radius 3 is 2.48 bits per heavy atom. The lowest BCUT2D eigenvalue weighted by molar-refractivity contribution is -0.115. The van der Waals surface area contributed by atoms with Crippen molar-refractivity contribution in [3.8, 4) is 0 Å². The smallest absolute Gasteiger partial charge is 0.263 e. The molecule has 0 aliphatic carbocycles. The Morgan fingerprint density at radius 1 is 1.00 bits per heavy atom. The minimum absolute atomic E-state index is 0.0529. The van der Waals surface area contributed by atoms with E-state index in [0.29, 0.717) is 16.9 Å². The highest BCUT2D eigenvalue weighted by molar-refractivity contribution is 8.01. The molecule has 0 saturated carbocycles. The van der Waals surface area contributed by atoms with Crippen LogP contribution in [0.2, 0.25) is 0 Å². The predicted octanol–water partition coefficient (Wildman–Crippen LogP) is 4.17. The van der Waals surface area contributed by atoms with E-state index in [0.717, 1.165) is 4.90 Å². The Kier molecular flexibility index (Phi) is 5.71. The van der Waals surface area contributed by atoms with Crippen LogP contribution in [-0.4, -0.2) is 25.5 Å². The molecular weight excluding hydrogens is 434 g/mol. The molecule has 3 aromatic carbocycles. The van der Waals surface area contributed by atoms with E-state index in [1.165, 1.54) is 23.9 Å². The highest BCUT2D eigenvalue weighted by Gasteiger charge is 2.24. The van der Waals surface area contributed by atoms with Crippen molar-refractivity contribution in [3.05, 3.63) is 78.4 Å². The van der Waals surface area contributed by atoms with Gasteiger partial charge in [-0.2, -0.15) is 0 Å². The summed E-state index contributed by atoms with van der Waals surface area (Å²) in [6.45, 7) is 1.81. The van der Waals surface area contributed by atoms with Gasteiger partial charge in [-0.1, -0.05) is 30.3 Å². The maximum absolute atomic E-state index is 12.9. The van der Waals surface area contributed by atoms with Crippen molar-refractivity contribution < 1.29 is 18.0 Å². The molecule has 158 valence electrons. The van der Waals surface area contributed by atoms with Crippen molar-refractivity contribution in [1.82, 2.24) is 0 Å². The molecule has 0 aromatic heterocycles. The maximum Gasteiger partial charge on any atom is 0.263 e. The third kappa shape index (κ3) is 4.57. The number of anilines is 3. The lowest BCUT2D eigenvalue weighted by atomic mass is 10.1. The molecule has 0 bridgehead atoms. The molecule has 0 radical (unpaired) electrons. The second-order valence-electron chi connectivity index (χ2n) is 6.88. The van der Waals surface area contributed by atoms with Crippen molar-refractivity contribution in [3.63, 3.8) is 0 Å². The molecule has 0 fully saturated rings. The summed E-state index contributed by atoms with van der Waals surface area (Å²) < 4.78 is 28.3. The number of thioether (sulfide) groups is 1. The number of fused-ring (bicyclic) bond motifs is 1. The van der Waals surface area contributed by atoms with Crippen molar-refractivity contribution >= 4 is 50.7 Å². The van der Waals surface area contributed by atoms with Crippen molar-refractivity contribution in [1.29, 1.82) is 0 Å². The monoisotopic (exact) mass is 453 g/mol. The highest BCUT2D eigenvalue weighted by Crippen LogP contribution is 2.36. The average molecular weight is 454 g/mol. The van der Waals surface area contributed by atoms with Gasteiger partial charge in [0, 0.05) is 16.1 Å². The zero-order valence-corrected chi connectivity index (χ0v) is 18.1. The van der Waals surface area contributed by atoms with Crippen LogP contribution in [0, 0.1) is 0 Å². The third-order valence-corrected chi connectivity index (χ3v) is 7.24. The van der Waals surface area contributed by atoms with Crippen molar-refractivity contribution in [2.75, 3.05) is 15.4 Å². The van der Waals surface area contributed by atoms with Gasteiger partial charge in [-0.3, -0.25) is 14.3 Å². The first-order valence-electron chi connectivity index (χ1n) is 9.43. The summed E-state index contributed by atoms with van der Waals surface area (Å²) >= 11 is 1.42. The fourth-order valence-electron chi connectivity index (χ4n) is 3.07. The Hall–Kier alpha value is -3.30. The summed E-state index contributed by atoms with van der Waals surface area (Å²) in [7, 11) is -3.92. The lowest BCUT2D eigenvalue weighted by Gasteiger charge is -2.21. The number of rotatable bonds is 5. The summed E-state index contributed by atoms with van der Waals surface area (Å²) in [4.78, 5) is 25.6. The number of hydrogen-bond donors (Lipinski definition) is 3. The molecule has 3 N–H and O–H groups in total. The SMILES string of the molecule is CC1Sc2ccc(C(=O)Nc3ccccc3S(=O)(=O)Nc3ccccc3)cc2NC1=O. The number of carbonyl (C=O) groups is 2. The van der Waals surface area contributed by atoms with E-state index in [9.17, 15) is 18.0 Å². The van der Waals surface area contributed by atoms with E-state index in [-0.39, 0.29) is 21.7 Å². The van der Waals surface area contributed by atoms with Crippen LogP contribution in [0.25, 0.3) is 0 Å². The number of carbonyl (C=O) groups excluding carboxylic acids is 2. The first-order chi connectivity index (χ1) is 14.8. The normalized spacial score (nSPS) is 15.5. The number of nitrogens with one attached hydrogen (secondary N) is 3. The number of hydrogen-bond acceptors (Lipinski definition) is 5. The van der Waals surface area contributed by atoms with Gasteiger partial charge in [0.05, 0.1) is 16.6 Å². The third-order valence-electron chi connectivity index (χ3n) is 4.62. The first-order valence-corrected chi connectivity index (χ1v) is 11.8. The molecule has 1 aliphatic heterocycles. The zero-order chi connectivity index (χ0) is 22.0. The van der Waals surface area contributed by atoms with E-state index in [2.05, 4.69) is 15.4 Å². The number of benzene rings is 3. The van der Waals surface area contributed by atoms with Gasteiger partial charge in [0.1, 0.15) is 4.90 Å². The fraction of sp³-hybridized carbons (Fsp3) is 0.0909. The largest absolute Gasteiger partial charge is 0.324 e. The van der Waals surface area contributed by atoms with Crippen LogP contribution in [0.1, 0.15) is 17.3 Å². The maximum atomic E-state index is 12.9. The first kappa shape index (κ1) is 21.0. The van der Waals surface area contributed by atoms with E-state index in [4.69, 9.17) is 0 Å². The van der Waals surface area contributed by atoms with Crippen LogP contribution in [0.3, 0.4) is 0 Å². The number of para-hydroxylation sites is 2. The summed E-state index contributed by atoms with van der Waals surface area (Å²) in [5.74, 6) is -0.610. The minimum atomic E-state index is -3.92. The van der Waals surface area contributed by atoms with Gasteiger partial charge in [0.2, 0.25) is 5.91 Å². The van der Waals surface area contributed by atoms with Crippen molar-refractivity contribution in [2.45, 2.75) is 22.0 Å². The van der Waals surface area contributed by atoms with E-state index >= 15 is 0 Å². The molecule has 0 spiro atoms. The van der Waals surface area contributed by atoms with Gasteiger partial charge < -0.3 is 10.6 Å².